The van der Waals surface area contributed by atoms with Gasteiger partial charge < -0.3 is 14.6 Å². The number of thioether (sulfide) groups is 1. The summed E-state index contributed by atoms with van der Waals surface area (Å²) in [6.45, 7) is 4.53. The van der Waals surface area contributed by atoms with Crippen LogP contribution in [0.3, 0.4) is 0 Å². The summed E-state index contributed by atoms with van der Waals surface area (Å²) in [6.07, 6.45) is 5.92. The number of aromatic nitrogens is 2. The van der Waals surface area contributed by atoms with Crippen molar-refractivity contribution >= 4 is 17.5 Å². The predicted molar refractivity (Wildman–Crippen MR) is 115 cm³/mol. The number of nitrogens with zero attached hydrogens (tertiary/aromatic N) is 3. The van der Waals surface area contributed by atoms with Crippen LogP contribution in [0, 0.1) is 6.92 Å². The van der Waals surface area contributed by atoms with Crippen LogP contribution in [0.2, 0.25) is 0 Å². The van der Waals surface area contributed by atoms with Gasteiger partial charge in [-0.05, 0) is 57.1 Å². The predicted octanol–water partition coefficient (Wildman–Crippen LogP) is 3.76. The molecule has 0 spiro atoms. The minimum Gasteiger partial charge on any atom is -0.493 e. The van der Waals surface area contributed by atoms with E-state index >= 15 is 0 Å². The summed E-state index contributed by atoms with van der Waals surface area (Å²) < 4.78 is 11.4. The fraction of sp³-hybridized carbons (Fsp3) is 0.500. The molecule has 1 aromatic carbocycles. The number of hydrogen-bond acceptors (Lipinski definition) is 7. The summed E-state index contributed by atoms with van der Waals surface area (Å²) in [5.41, 5.74) is 4.95. The first kappa shape index (κ1) is 20.2. The summed E-state index contributed by atoms with van der Waals surface area (Å²) in [5.74, 6) is 1.60. The molecule has 0 unspecified atom stereocenters. The molecule has 2 aliphatic rings. The molecule has 0 amide bonds. The lowest BCUT2D eigenvalue weighted by atomic mass is 9.74. The third kappa shape index (κ3) is 3.73. The van der Waals surface area contributed by atoms with Gasteiger partial charge in [0.05, 0.1) is 37.3 Å². The average molecular weight is 414 g/mol. The highest BCUT2D eigenvalue weighted by Gasteiger charge is 2.37. The third-order valence-corrected chi connectivity index (χ3v) is 6.33. The van der Waals surface area contributed by atoms with Gasteiger partial charge in [0.1, 0.15) is 0 Å². The zero-order chi connectivity index (χ0) is 20.5. The molecule has 1 aliphatic carbocycles. The van der Waals surface area contributed by atoms with E-state index in [1.165, 1.54) is 11.8 Å². The van der Waals surface area contributed by atoms with E-state index in [0.717, 1.165) is 51.8 Å². The Hall–Kier alpha value is -2.12. The van der Waals surface area contributed by atoms with Crippen LogP contribution in [0.25, 0.3) is 0 Å². The molecule has 1 fully saturated rings. The number of ether oxygens (including phenoxy) is 2. The molecule has 3 atom stereocenters. The van der Waals surface area contributed by atoms with Gasteiger partial charge in [0, 0.05) is 23.2 Å². The van der Waals surface area contributed by atoms with Crippen LogP contribution in [-0.4, -0.2) is 52.9 Å². The van der Waals surface area contributed by atoms with Crippen molar-refractivity contribution in [2.45, 2.75) is 56.3 Å². The van der Waals surface area contributed by atoms with E-state index in [2.05, 4.69) is 16.0 Å². The Balaban J connectivity index is 1.89. The molecule has 6 nitrogen and oxygen atoms in total. The zero-order valence-electron chi connectivity index (χ0n) is 17.3. The first-order valence-corrected chi connectivity index (χ1v) is 11.3. The topological polar surface area (TPSA) is 76.8 Å². The summed E-state index contributed by atoms with van der Waals surface area (Å²) in [7, 11) is 1.65. The Labute approximate surface area is 175 Å². The lowest BCUT2D eigenvalue weighted by Crippen LogP contribution is -2.34. The van der Waals surface area contributed by atoms with Crippen molar-refractivity contribution in [3.05, 3.63) is 40.7 Å². The van der Waals surface area contributed by atoms with Crippen LogP contribution in [0.4, 0.5) is 0 Å². The number of aliphatic imine (C=N–C) groups is 1. The van der Waals surface area contributed by atoms with Crippen LogP contribution in [0.15, 0.2) is 28.5 Å². The lowest BCUT2D eigenvalue weighted by molar-refractivity contribution is 0.111. The Bertz CT molecular complexity index is 947. The fourth-order valence-corrected chi connectivity index (χ4v) is 4.75. The average Bonchev–Trinajstić information content (AvgIpc) is 2.73. The second-order valence-corrected chi connectivity index (χ2v) is 8.27. The molecular weight excluding hydrogens is 386 g/mol. The first-order valence-electron chi connectivity index (χ1n) is 10.0. The van der Waals surface area contributed by atoms with Gasteiger partial charge in [-0.25, -0.2) is 9.97 Å². The van der Waals surface area contributed by atoms with E-state index < -0.39 is 0 Å². The molecule has 1 aliphatic heterocycles. The Morgan fingerprint density at radius 3 is 2.72 bits per heavy atom. The highest BCUT2D eigenvalue weighted by molar-refractivity contribution is 7.98. The Morgan fingerprint density at radius 2 is 2.03 bits per heavy atom. The number of hydrogen-bond donors (Lipinski definition) is 1. The van der Waals surface area contributed by atoms with Crippen molar-refractivity contribution < 1.29 is 14.6 Å². The molecule has 7 heteroatoms. The number of aliphatic hydroxyl groups excluding tert-OH is 1. The minimum atomic E-state index is -0.288. The Kier molecular flexibility index (Phi) is 5.79. The van der Waals surface area contributed by atoms with E-state index in [0.29, 0.717) is 18.8 Å². The maximum absolute atomic E-state index is 10.3. The molecule has 0 radical (unpaired) electrons. The number of aliphatic hydroxyl groups is 1. The molecule has 0 bridgehead atoms. The van der Waals surface area contributed by atoms with E-state index in [1.807, 2.05) is 32.4 Å². The van der Waals surface area contributed by atoms with Gasteiger partial charge in [-0.15, -0.1) is 0 Å². The van der Waals surface area contributed by atoms with Crippen LogP contribution < -0.4 is 9.47 Å². The second kappa shape index (κ2) is 8.32. The molecule has 1 aromatic heterocycles. The maximum atomic E-state index is 10.3. The number of benzene rings is 1. The number of methoxy groups -OCH3 is 1. The smallest absolute Gasteiger partial charge is 0.187 e. The van der Waals surface area contributed by atoms with Crippen LogP contribution in [0.5, 0.6) is 11.5 Å². The van der Waals surface area contributed by atoms with Gasteiger partial charge in [-0.1, -0.05) is 11.8 Å². The van der Waals surface area contributed by atoms with Crippen molar-refractivity contribution in [1.29, 1.82) is 0 Å². The minimum absolute atomic E-state index is 0.142. The second-order valence-electron chi connectivity index (χ2n) is 7.50. The lowest BCUT2D eigenvalue weighted by Gasteiger charge is -2.37. The summed E-state index contributed by atoms with van der Waals surface area (Å²) in [6, 6.07) is 4.23. The number of fused-ring (bicyclic) bond motifs is 3. The maximum Gasteiger partial charge on any atom is 0.187 e. The Morgan fingerprint density at radius 1 is 1.21 bits per heavy atom. The highest BCUT2D eigenvalue weighted by Crippen LogP contribution is 2.45. The molecular formula is C22H27N3O3S. The van der Waals surface area contributed by atoms with Crippen molar-refractivity contribution in [3.8, 4) is 11.5 Å². The normalized spacial score (nSPS) is 23.1. The summed E-state index contributed by atoms with van der Waals surface area (Å²) in [4.78, 5) is 14.2. The van der Waals surface area contributed by atoms with Crippen molar-refractivity contribution in [2.75, 3.05) is 20.0 Å². The molecule has 2 aromatic rings. The summed E-state index contributed by atoms with van der Waals surface area (Å²) in [5, 5.41) is 11.1. The van der Waals surface area contributed by atoms with Gasteiger partial charge in [-0.2, -0.15) is 0 Å². The van der Waals surface area contributed by atoms with Gasteiger partial charge in [0.2, 0.25) is 0 Å². The van der Waals surface area contributed by atoms with Crippen LogP contribution in [-0.2, 0) is 0 Å². The highest BCUT2D eigenvalue weighted by atomic mass is 32.2. The number of aryl methyl sites for hydroxylation is 1. The van der Waals surface area contributed by atoms with E-state index in [1.54, 1.807) is 7.11 Å². The van der Waals surface area contributed by atoms with Gasteiger partial charge in [0.15, 0.2) is 16.7 Å². The molecule has 1 saturated carbocycles. The SMILES string of the molecule is CCOc1cc2c(cc1OC)C(c1cnc(SC)nc1C)=N[C@@H]1CC[C@@H](O)C[C@H]21. The molecule has 0 saturated heterocycles. The standard InChI is InChI=1S/C22H27N3O3S/c1-5-28-20-9-14-15-8-13(26)6-7-18(15)25-21(16(14)10-19(20)27-3)17-11-23-22(29-4)24-12(17)2/h9-11,13,15,18,26H,5-8H2,1-4H3/t13-,15-,18-/m1/s1. The van der Waals surface area contributed by atoms with E-state index in [4.69, 9.17) is 14.5 Å². The van der Waals surface area contributed by atoms with Crippen LogP contribution >= 0.6 is 11.8 Å². The fourth-order valence-electron chi connectivity index (χ4n) is 4.36. The third-order valence-electron chi connectivity index (χ3n) is 5.77. The quantitative estimate of drug-likeness (QED) is 0.594. The van der Waals surface area contributed by atoms with Gasteiger partial charge in [-0.3, -0.25) is 4.99 Å². The van der Waals surface area contributed by atoms with Crippen LogP contribution in [0.1, 0.15) is 54.5 Å². The molecule has 154 valence electrons. The molecule has 1 N–H and O–H groups in total. The van der Waals surface area contributed by atoms with Gasteiger partial charge in [0.25, 0.3) is 0 Å². The first-order chi connectivity index (χ1) is 14.0. The number of rotatable bonds is 5. The molecule has 2 heterocycles. The van der Waals surface area contributed by atoms with Crippen molar-refractivity contribution in [1.82, 2.24) is 9.97 Å². The largest absolute Gasteiger partial charge is 0.493 e. The van der Waals surface area contributed by atoms with E-state index in [9.17, 15) is 5.11 Å². The molecule has 29 heavy (non-hydrogen) atoms. The van der Waals surface area contributed by atoms with Crippen molar-refractivity contribution in [2.24, 2.45) is 4.99 Å². The zero-order valence-corrected chi connectivity index (χ0v) is 18.1. The monoisotopic (exact) mass is 413 g/mol. The van der Waals surface area contributed by atoms with E-state index in [-0.39, 0.29) is 18.1 Å². The summed E-state index contributed by atoms with van der Waals surface area (Å²) >= 11 is 1.53. The van der Waals surface area contributed by atoms with Crippen molar-refractivity contribution in [3.63, 3.8) is 0 Å². The molecule has 4 rings (SSSR count). The van der Waals surface area contributed by atoms with Gasteiger partial charge >= 0.3 is 0 Å².